The second kappa shape index (κ2) is 11.0. The van der Waals surface area contributed by atoms with Crippen LogP contribution in [0, 0.1) is 0 Å². The molecule has 0 atom stereocenters. The maximum absolute atomic E-state index is 12.2. The molecule has 1 aromatic heterocycles. The van der Waals surface area contributed by atoms with Crippen LogP contribution >= 0.6 is 11.6 Å². The van der Waals surface area contributed by atoms with E-state index in [1.54, 1.807) is 12.1 Å². The maximum atomic E-state index is 12.2. The van der Waals surface area contributed by atoms with Gasteiger partial charge < -0.3 is 19.7 Å². The number of ether oxygens (including phenoxy) is 2. The van der Waals surface area contributed by atoms with Crippen molar-refractivity contribution in [3.63, 3.8) is 0 Å². The Hall–Kier alpha value is -3.26. The molecular weight excluding hydrogens is 442 g/mol. The summed E-state index contributed by atoms with van der Waals surface area (Å²) in [6.07, 6.45) is 1.25. The highest BCUT2D eigenvalue weighted by Crippen LogP contribution is 2.21. The molecule has 2 aromatic carbocycles. The number of piperidine rings is 1. The first-order valence-corrected chi connectivity index (χ1v) is 11.5. The van der Waals surface area contributed by atoms with Gasteiger partial charge in [0, 0.05) is 30.7 Å². The molecule has 3 aromatic rings. The molecule has 2 heterocycles. The Balaban J connectivity index is 1.26. The first-order chi connectivity index (χ1) is 16.1. The number of alkyl carbamates (subject to hydrolysis) is 1. The minimum absolute atomic E-state index is 0.0789. The Morgan fingerprint density at radius 1 is 1.06 bits per heavy atom. The third-order valence-corrected chi connectivity index (χ3v) is 5.87. The molecular formula is C24H28ClN5O3. The lowest BCUT2D eigenvalue weighted by molar-refractivity contribution is 0.134. The fourth-order valence-corrected chi connectivity index (χ4v) is 3.95. The van der Waals surface area contributed by atoms with Crippen LogP contribution in [0.5, 0.6) is 5.75 Å². The largest absolute Gasteiger partial charge is 0.486 e. The Labute approximate surface area is 198 Å². The zero-order valence-corrected chi connectivity index (χ0v) is 19.4. The van der Waals surface area contributed by atoms with Crippen molar-refractivity contribution in [2.24, 2.45) is 0 Å². The van der Waals surface area contributed by atoms with Gasteiger partial charge in [0.15, 0.2) is 5.82 Å². The highest BCUT2D eigenvalue weighted by Gasteiger charge is 2.25. The molecule has 1 saturated heterocycles. The summed E-state index contributed by atoms with van der Waals surface area (Å²) in [5.74, 6) is 2.34. The molecule has 1 aliphatic rings. The fourth-order valence-electron chi connectivity index (χ4n) is 3.82. The predicted molar refractivity (Wildman–Crippen MR) is 126 cm³/mol. The molecule has 9 heteroatoms. The van der Waals surface area contributed by atoms with Crippen molar-refractivity contribution in [1.29, 1.82) is 0 Å². The van der Waals surface area contributed by atoms with E-state index in [1.807, 2.05) is 42.5 Å². The monoisotopic (exact) mass is 469 g/mol. The summed E-state index contributed by atoms with van der Waals surface area (Å²) in [4.78, 5) is 14.4. The van der Waals surface area contributed by atoms with Crippen molar-refractivity contribution in [3.05, 3.63) is 71.0 Å². The van der Waals surface area contributed by atoms with Crippen LogP contribution in [0.1, 0.15) is 31.2 Å². The minimum atomic E-state index is -0.379. The van der Waals surface area contributed by atoms with Crippen molar-refractivity contribution in [3.8, 4) is 5.75 Å². The van der Waals surface area contributed by atoms with E-state index < -0.39 is 0 Å². The summed E-state index contributed by atoms with van der Waals surface area (Å²) in [6, 6.07) is 17.0. The molecule has 0 unspecified atom stereocenters. The zero-order valence-electron chi connectivity index (χ0n) is 18.6. The summed E-state index contributed by atoms with van der Waals surface area (Å²) in [6.45, 7) is 4.96. The van der Waals surface area contributed by atoms with Gasteiger partial charge in [-0.05, 0) is 49.6 Å². The molecule has 0 saturated carbocycles. The van der Waals surface area contributed by atoms with Gasteiger partial charge in [-0.25, -0.2) is 4.79 Å². The number of benzene rings is 2. The lowest BCUT2D eigenvalue weighted by Crippen LogP contribution is -2.45. The number of aromatic nitrogens is 3. The number of amides is 1. The third kappa shape index (κ3) is 6.16. The van der Waals surface area contributed by atoms with Crippen LogP contribution in [0.2, 0.25) is 5.02 Å². The van der Waals surface area contributed by atoms with Gasteiger partial charge in [-0.2, -0.15) is 0 Å². The highest BCUT2D eigenvalue weighted by atomic mass is 35.5. The maximum Gasteiger partial charge on any atom is 0.407 e. The quantitative estimate of drug-likeness (QED) is 0.525. The van der Waals surface area contributed by atoms with E-state index >= 15 is 0 Å². The lowest BCUT2D eigenvalue weighted by Gasteiger charge is -2.32. The van der Waals surface area contributed by atoms with Crippen molar-refractivity contribution in [2.75, 3.05) is 18.0 Å². The normalized spacial score (nSPS) is 14.2. The van der Waals surface area contributed by atoms with Crippen molar-refractivity contribution in [2.45, 2.75) is 45.6 Å². The van der Waals surface area contributed by atoms with Crippen molar-refractivity contribution < 1.29 is 14.3 Å². The van der Waals surface area contributed by atoms with Gasteiger partial charge >= 0.3 is 6.09 Å². The van der Waals surface area contributed by atoms with Gasteiger partial charge in [-0.3, -0.25) is 4.57 Å². The molecule has 0 radical (unpaired) electrons. The van der Waals surface area contributed by atoms with Crippen LogP contribution in [0.3, 0.4) is 0 Å². The Morgan fingerprint density at radius 2 is 1.79 bits per heavy atom. The smallest absolute Gasteiger partial charge is 0.407 e. The number of nitrogens with zero attached hydrogens (tertiary/aromatic N) is 4. The van der Waals surface area contributed by atoms with E-state index in [1.165, 1.54) is 0 Å². The molecule has 0 bridgehead atoms. The number of anilines is 1. The Morgan fingerprint density at radius 3 is 2.48 bits per heavy atom. The van der Waals surface area contributed by atoms with Crippen LogP contribution in [-0.4, -0.2) is 40.0 Å². The standard InChI is InChI=1S/C24H28ClN5O3/c1-2-30-22(17-32-21-10-8-19(25)9-11-21)27-28-23(30)29-14-12-20(13-15-29)26-24(31)33-16-18-6-4-3-5-7-18/h3-11,20H,2,12-17H2,1H3,(H,26,31). The van der Waals surface area contributed by atoms with E-state index in [0.29, 0.717) is 11.6 Å². The number of carbonyl (C=O) groups excluding carboxylic acids is 1. The Bertz CT molecular complexity index is 1030. The van der Waals surface area contributed by atoms with Crippen LogP contribution in [-0.2, 0) is 24.5 Å². The molecule has 4 rings (SSSR count). The van der Waals surface area contributed by atoms with Crippen molar-refractivity contribution >= 4 is 23.6 Å². The van der Waals surface area contributed by atoms with Crippen LogP contribution in [0.15, 0.2) is 54.6 Å². The number of halogens is 1. The lowest BCUT2D eigenvalue weighted by atomic mass is 10.1. The molecule has 1 fully saturated rings. The van der Waals surface area contributed by atoms with E-state index in [9.17, 15) is 4.79 Å². The highest BCUT2D eigenvalue weighted by molar-refractivity contribution is 6.30. The minimum Gasteiger partial charge on any atom is -0.486 e. The number of rotatable bonds is 8. The van der Waals surface area contributed by atoms with Crippen LogP contribution in [0.25, 0.3) is 0 Å². The summed E-state index contributed by atoms with van der Waals surface area (Å²) < 4.78 is 13.3. The number of hydrogen-bond donors (Lipinski definition) is 1. The average Bonchev–Trinajstić information content (AvgIpc) is 3.26. The van der Waals surface area contributed by atoms with E-state index in [-0.39, 0.29) is 18.7 Å². The SMILES string of the molecule is CCn1c(COc2ccc(Cl)cc2)nnc1N1CCC(NC(=O)OCc2ccccc2)CC1. The summed E-state index contributed by atoms with van der Waals surface area (Å²) in [5, 5.41) is 12.4. The average molecular weight is 470 g/mol. The summed E-state index contributed by atoms with van der Waals surface area (Å²) in [5.41, 5.74) is 0.970. The van der Waals surface area contributed by atoms with Gasteiger partial charge in [0.25, 0.3) is 0 Å². The number of hydrogen-bond acceptors (Lipinski definition) is 6. The molecule has 1 aliphatic heterocycles. The van der Waals surface area contributed by atoms with E-state index in [2.05, 4.69) is 31.9 Å². The molecule has 0 aliphatic carbocycles. The summed E-state index contributed by atoms with van der Waals surface area (Å²) in [7, 11) is 0. The fraction of sp³-hybridized carbons (Fsp3) is 0.375. The second-order valence-electron chi connectivity index (χ2n) is 7.87. The first kappa shape index (κ1) is 22.9. The first-order valence-electron chi connectivity index (χ1n) is 11.1. The van der Waals surface area contributed by atoms with E-state index in [0.717, 1.165) is 55.6 Å². The van der Waals surface area contributed by atoms with Crippen molar-refractivity contribution in [1.82, 2.24) is 20.1 Å². The van der Waals surface area contributed by atoms with Gasteiger partial charge in [-0.15, -0.1) is 10.2 Å². The van der Waals surface area contributed by atoms with E-state index in [4.69, 9.17) is 21.1 Å². The van der Waals surface area contributed by atoms with Gasteiger partial charge in [0.1, 0.15) is 19.0 Å². The third-order valence-electron chi connectivity index (χ3n) is 5.62. The second-order valence-corrected chi connectivity index (χ2v) is 8.31. The van der Waals surface area contributed by atoms with Gasteiger partial charge in [0.2, 0.25) is 5.95 Å². The van der Waals surface area contributed by atoms with Crippen LogP contribution in [0.4, 0.5) is 10.7 Å². The molecule has 33 heavy (non-hydrogen) atoms. The predicted octanol–water partition coefficient (Wildman–Crippen LogP) is 4.43. The zero-order chi connectivity index (χ0) is 23.0. The Kier molecular flexibility index (Phi) is 7.67. The van der Waals surface area contributed by atoms with Gasteiger partial charge in [0.05, 0.1) is 0 Å². The molecule has 1 amide bonds. The van der Waals surface area contributed by atoms with Gasteiger partial charge in [-0.1, -0.05) is 41.9 Å². The number of carbonyl (C=O) groups is 1. The molecule has 174 valence electrons. The summed E-state index contributed by atoms with van der Waals surface area (Å²) >= 11 is 5.93. The topological polar surface area (TPSA) is 81.5 Å². The molecule has 1 N–H and O–H groups in total. The number of nitrogens with one attached hydrogen (secondary N) is 1. The van der Waals surface area contributed by atoms with Crippen LogP contribution < -0.4 is 15.0 Å². The molecule has 0 spiro atoms. The molecule has 8 nitrogen and oxygen atoms in total.